The zero-order valence-electron chi connectivity index (χ0n) is 12.0. The number of thiophene rings is 1. The molecule has 19 heavy (non-hydrogen) atoms. The third kappa shape index (κ3) is 3.45. The fourth-order valence-corrected chi connectivity index (χ4v) is 3.05. The molecule has 2 aromatic rings. The van der Waals surface area contributed by atoms with Gasteiger partial charge in [-0.05, 0) is 54.8 Å². The topological polar surface area (TPSA) is 29.9 Å². The van der Waals surface area contributed by atoms with E-state index >= 15 is 0 Å². The summed E-state index contributed by atoms with van der Waals surface area (Å²) < 4.78 is 2.14. The summed E-state index contributed by atoms with van der Waals surface area (Å²) in [5.74, 6) is 0. The van der Waals surface area contributed by atoms with E-state index in [-0.39, 0.29) is 0 Å². The number of hydrogen-bond acceptors (Lipinski definition) is 3. The van der Waals surface area contributed by atoms with Gasteiger partial charge in [0, 0.05) is 6.54 Å². The van der Waals surface area contributed by atoms with Crippen LogP contribution in [0.3, 0.4) is 0 Å². The van der Waals surface area contributed by atoms with Crippen LogP contribution in [0.1, 0.15) is 43.8 Å². The Morgan fingerprint density at radius 1 is 1.37 bits per heavy atom. The van der Waals surface area contributed by atoms with Crippen molar-refractivity contribution >= 4 is 11.3 Å². The maximum Gasteiger partial charge on any atom is 0.0625 e. The van der Waals surface area contributed by atoms with E-state index in [2.05, 4.69) is 58.8 Å². The first-order valence-corrected chi connectivity index (χ1v) is 8.03. The van der Waals surface area contributed by atoms with Crippen LogP contribution in [-0.2, 0) is 19.4 Å². The van der Waals surface area contributed by atoms with E-state index in [4.69, 9.17) is 0 Å². The number of aromatic nitrogens is 2. The molecule has 1 atom stereocenters. The van der Waals surface area contributed by atoms with Gasteiger partial charge in [-0.1, -0.05) is 13.8 Å². The normalized spacial score (nSPS) is 12.8. The summed E-state index contributed by atoms with van der Waals surface area (Å²) in [6.07, 6.45) is 2.03. The number of aryl methyl sites for hydroxylation is 2. The molecule has 0 aliphatic heterocycles. The molecule has 0 aliphatic rings. The summed E-state index contributed by atoms with van der Waals surface area (Å²) >= 11 is 1.76. The molecule has 0 aliphatic carbocycles. The second-order valence-electron chi connectivity index (χ2n) is 4.68. The van der Waals surface area contributed by atoms with Crippen LogP contribution in [0.2, 0.25) is 0 Å². The minimum atomic E-state index is 0.354. The van der Waals surface area contributed by atoms with Gasteiger partial charge in [0.2, 0.25) is 0 Å². The molecule has 2 rings (SSSR count). The highest BCUT2D eigenvalue weighted by Crippen LogP contribution is 2.21. The molecule has 1 N–H and O–H groups in total. The Kier molecular flexibility index (Phi) is 5.16. The lowest BCUT2D eigenvalue weighted by atomic mass is 10.1. The van der Waals surface area contributed by atoms with Crippen LogP contribution in [0.25, 0.3) is 0 Å². The maximum atomic E-state index is 4.66. The van der Waals surface area contributed by atoms with Crippen molar-refractivity contribution in [3.8, 4) is 0 Å². The quantitative estimate of drug-likeness (QED) is 0.840. The first kappa shape index (κ1) is 14.3. The molecule has 2 aromatic heterocycles. The molecule has 0 fully saturated rings. The van der Waals surface area contributed by atoms with Gasteiger partial charge < -0.3 is 5.32 Å². The fourth-order valence-electron chi connectivity index (χ4n) is 2.37. The van der Waals surface area contributed by atoms with Crippen molar-refractivity contribution in [3.63, 3.8) is 0 Å². The third-order valence-corrected chi connectivity index (χ3v) is 4.08. The van der Waals surface area contributed by atoms with Gasteiger partial charge in [-0.15, -0.1) is 0 Å². The van der Waals surface area contributed by atoms with E-state index < -0.39 is 0 Å². The van der Waals surface area contributed by atoms with Crippen molar-refractivity contribution in [3.05, 3.63) is 39.8 Å². The van der Waals surface area contributed by atoms with Gasteiger partial charge in [-0.3, -0.25) is 4.68 Å². The smallest absolute Gasteiger partial charge is 0.0625 e. The van der Waals surface area contributed by atoms with Crippen molar-refractivity contribution in [2.75, 3.05) is 6.54 Å². The molecule has 1 unspecified atom stereocenters. The summed E-state index contributed by atoms with van der Waals surface area (Å²) in [5.41, 5.74) is 3.90. The van der Waals surface area contributed by atoms with E-state index in [9.17, 15) is 0 Å². The van der Waals surface area contributed by atoms with Gasteiger partial charge in [0.25, 0.3) is 0 Å². The van der Waals surface area contributed by atoms with E-state index in [1.807, 2.05) is 0 Å². The lowest BCUT2D eigenvalue weighted by Gasteiger charge is -2.18. The highest BCUT2D eigenvalue weighted by atomic mass is 32.1. The van der Waals surface area contributed by atoms with Gasteiger partial charge in [-0.2, -0.15) is 16.4 Å². The van der Waals surface area contributed by atoms with Crippen molar-refractivity contribution in [2.24, 2.45) is 0 Å². The molecule has 2 heterocycles. The monoisotopic (exact) mass is 277 g/mol. The molecule has 0 bridgehead atoms. The first-order valence-electron chi connectivity index (χ1n) is 7.09. The Hall–Kier alpha value is -1.13. The van der Waals surface area contributed by atoms with Crippen LogP contribution in [0, 0.1) is 0 Å². The molecular weight excluding hydrogens is 254 g/mol. The van der Waals surface area contributed by atoms with Crippen molar-refractivity contribution in [1.29, 1.82) is 0 Å². The van der Waals surface area contributed by atoms with Gasteiger partial charge in [-0.25, -0.2) is 0 Å². The highest BCUT2D eigenvalue weighted by molar-refractivity contribution is 7.07. The van der Waals surface area contributed by atoms with E-state index in [1.54, 1.807) is 11.3 Å². The van der Waals surface area contributed by atoms with Crippen LogP contribution >= 0.6 is 11.3 Å². The summed E-state index contributed by atoms with van der Waals surface area (Å²) in [4.78, 5) is 0. The molecule has 4 heteroatoms. The molecule has 0 amide bonds. The molecule has 0 radical (unpaired) electrons. The summed E-state index contributed by atoms with van der Waals surface area (Å²) in [6, 6.07) is 4.82. The molecule has 0 saturated carbocycles. The highest BCUT2D eigenvalue weighted by Gasteiger charge is 2.17. The zero-order valence-corrected chi connectivity index (χ0v) is 12.8. The largest absolute Gasteiger partial charge is 0.309 e. The Bertz CT molecular complexity index is 487. The average molecular weight is 277 g/mol. The summed E-state index contributed by atoms with van der Waals surface area (Å²) in [5, 5.41) is 12.6. The van der Waals surface area contributed by atoms with Gasteiger partial charge in [0.1, 0.15) is 0 Å². The lowest BCUT2D eigenvalue weighted by molar-refractivity contribution is 0.490. The van der Waals surface area contributed by atoms with Crippen molar-refractivity contribution in [1.82, 2.24) is 15.1 Å². The maximum absolute atomic E-state index is 4.66. The third-order valence-electron chi connectivity index (χ3n) is 3.35. The van der Waals surface area contributed by atoms with Crippen LogP contribution in [-0.4, -0.2) is 16.3 Å². The fraction of sp³-hybridized carbons (Fsp3) is 0.533. The van der Waals surface area contributed by atoms with Gasteiger partial charge in [0.05, 0.1) is 17.4 Å². The Balaban J connectivity index is 2.24. The summed E-state index contributed by atoms with van der Waals surface area (Å²) in [7, 11) is 0. The van der Waals surface area contributed by atoms with Crippen LogP contribution in [0.5, 0.6) is 0 Å². The Morgan fingerprint density at radius 3 is 2.79 bits per heavy atom. The standard InChI is InChI=1S/C15H23N3S/c1-4-13-10-15(18(6-3)17-13)14(16-5-2)9-12-7-8-19-11-12/h7-8,10-11,14,16H,4-6,9H2,1-3H3. The number of nitrogens with one attached hydrogen (secondary N) is 1. The van der Waals surface area contributed by atoms with Gasteiger partial charge >= 0.3 is 0 Å². The van der Waals surface area contributed by atoms with E-state index in [0.29, 0.717) is 6.04 Å². The Morgan fingerprint density at radius 2 is 2.21 bits per heavy atom. The molecule has 0 aromatic carbocycles. The predicted molar refractivity (Wildman–Crippen MR) is 81.7 cm³/mol. The number of nitrogens with zero attached hydrogens (tertiary/aromatic N) is 2. The number of likely N-dealkylation sites (N-methyl/N-ethyl adjacent to an activating group) is 1. The average Bonchev–Trinajstić information content (AvgIpc) is 3.06. The van der Waals surface area contributed by atoms with Crippen LogP contribution in [0.15, 0.2) is 22.9 Å². The predicted octanol–water partition coefficient (Wildman–Crippen LogP) is 3.42. The SMILES string of the molecule is CCNC(Cc1ccsc1)c1cc(CC)nn1CC. The lowest BCUT2D eigenvalue weighted by Crippen LogP contribution is -2.25. The Labute approximate surface area is 119 Å². The summed E-state index contributed by atoms with van der Waals surface area (Å²) in [6.45, 7) is 8.39. The molecule has 0 spiro atoms. The van der Waals surface area contributed by atoms with Crippen molar-refractivity contribution < 1.29 is 0 Å². The van der Waals surface area contributed by atoms with Crippen molar-refractivity contribution in [2.45, 2.75) is 46.2 Å². The van der Waals surface area contributed by atoms with E-state index in [1.165, 1.54) is 17.0 Å². The number of rotatable bonds is 7. The van der Waals surface area contributed by atoms with Crippen LogP contribution < -0.4 is 5.32 Å². The van der Waals surface area contributed by atoms with E-state index in [0.717, 1.165) is 25.9 Å². The second-order valence-corrected chi connectivity index (χ2v) is 5.46. The zero-order chi connectivity index (χ0) is 13.7. The van der Waals surface area contributed by atoms with Crippen LogP contribution in [0.4, 0.5) is 0 Å². The van der Waals surface area contributed by atoms with Gasteiger partial charge in [0.15, 0.2) is 0 Å². The molecule has 0 saturated heterocycles. The number of hydrogen-bond donors (Lipinski definition) is 1. The minimum Gasteiger partial charge on any atom is -0.309 e. The first-order chi connectivity index (χ1) is 9.28. The second kappa shape index (κ2) is 6.87. The molecular formula is C15H23N3S. The molecule has 3 nitrogen and oxygen atoms in total. The minimum absolute atomic E-state index is 0.354. The molecule has 104 valence electrons.